The second-order valence-electron chi connectivity index (χ2n) is 7.61. The van der Waals surface area contributed by atoms with E-state index in [0.29, 0.717) is 18.1 Å². The summed E-state index contributed by atoms with van der Waals surface area (Å²) < 4.78 is 0. The molecule has 2 aliphatic rings. The smallest absolute Gasteiger partial charge is 0.251 e. The van der Waals surface area contributed by atoms with Crippen molar-refractivity contribution in [3.63, 3.8) is 0 Å². The molecule has 0 spiro atoms. The summed E-state index contributed by atoms with van der Waals surface area (Å²) in [6.07, 6.45) is 4.67. The van der Waals surface area contributed by atoms with Gasteiger partial charge in [-0.05, 0) is 48.8 Å². The first-order chi connectivity index (χ1) is 9.91. The Hall–Kier alpha value is -1.35. The maximum Gasteiger partial charge on any atom is 0.251 e. The van der Waals surface area contributed by atoms with Crippen LogP contribution in [0.3, 0.4) is 0 Å². The average molecular weight is 286 g/mol. The van der Waals surface area contributed by atoms with Gasteiger partial charge >= 0.3 is 0 Å². The van der Waals surface area contributed by atoms with Gasteiger partial charge in [-0.1, -0.05) is 32.9 Å². The third-order valence-electron chi connectivity index (χ3n) is 4.82. The van der Waals surface area contributed by atoms with Crippen LogP contribution in [-0.4, -0.2) is 24.0 Å². The van der Waals surface area contributed by atoms with E-state index in [1.165, 1.54) is 18.4 Å². The number of carbonyl (C=O) groups is 1. The highest BCUT2D eigenvalue weighted by atomic mass is 16.1. The third-order valence-corrected chi connectivity index (χ3v) is 4.82. The topological polar surface area (TPSA) is 41.1 Å². The quantitative estimate of drug-likeness (QED) is 0.877. The third kappa shape index (κ3) is 3.29. The van der Waals surface area contributed by atoms with E-state index in [1.54, 1.807) is 0 Å². The van der Waals surface area contributed by atoms with Crippen LogP contribution in [0.15, 0.2) is 24.3 Å². The molecular formula is C18H26N2O. The van der Waals surface area contributed by atoms with Gasteiger partial charge in [0.15, 0.2) is 0 Å². The molecule has 114 valence electrons. The van der Waals surface area contributed by atoms with Crippen LogP contribution in [0.2, 0.25) is 0 Å². The summed E-state index contributed by atoms with van der Waals surface area (Å²) in [7, 11) is 0. The first-order valence-corrected chi connectivity index (χ1v) is 8.09. The molecule has 2 unspecified atom stereocenters. The summed E-state index contributed by atoms with van der Waals surface area (Å²) in [5.41, 5.74) is 2.16. The van der Waals surface area contributed by atoms with Gasteiger partial charge in [-0.25, -0.2) is 0 Å². The lowest BCUT2D eigenvalue weighted by molar-refractivity contribution is 0.0924. The molecule has 2 heterocycles. The fraction of sp³-hybridized carbons (Fsp3) is 0.611. The normalized spacial score (nSPS) is 28.4. The van der Waals surface area contributed by atoms with E-state index < -0.39 is 0 Å². The van der Waals surface area contributed by atoms with E-state index in [2.05, 4.69) is 43.5 Å². The number of fused-ring (bicyclic) bond motifs is 2. The highest BCUT2D eigenvalue weighted by Crippen LogP contribution is 2.27. The van der Waals surface area contributed by atoms with Crippen molar-refractivity contribution in [2.24, 2.45) is 0 Å². The number of hydrogen-bond donors (Lipinski definition) is 2. The van der Waals surface area contributed by atoms with Crippen molar-refractivity contribution in [2.45, 2.75) is 70.0 Å². The standard InChI is InChI=1S/C18H26N2O/c1-18(2,3)13-6-4-12(5-7-13)17(21)20-16-10-14-8-9-15(11-16)19-14/h4-7,14-16,19H,8-11H2,1-3H3,(H,20,21). The monoisotopic (exact) mass is 286 g/mol. The van der Waals surface area contributed by atoms with E-state index in [4.69, 9.17) is 0 Å². The molecule has 1 aromatic rings. The zero-order chi connectivity index (χ0) is 15.0. The Bertz CT molecular complexity index is 503. The van der Waals surface area contributed by atoms with Crippen molar-refractivity contribution < 1.29 is 4.79 Å². The van der Waals surface area contributed by atoms with Crippen molar-refractivity contribution in [2.75, 3.05) is 0 Å². The molecule has 0 saturated carbocycles. The summed E-state index contributed by atoms with van der Waals surface area (Å²) in [5, 5.41) is 6.82. The second kappa shape index (κ2) is 5.45. The number of benzene rings is 1. The summed E-state index contributed by atoms with van der Waals surface area (Å²) in [5.74, 6) is 0.0711. The Labute approximate surface area is 127 Å². The second-order valence-corrected chi connectivity index (χ2v) is 7.61. The first kappa shape index (κ1) is 14.6. The molecule has 2 fully saturated rings. The zero-order valence-corrected chi connectivity index (χ0v) is 13.3. The molecule has 21 heavy (non-hydrogen) atoms. The molecule has 0 aromatic heterocycles. The molecule has 3 nitrogen and oxygen atoms in total. The molecule has 0 radical (unpaired) electrons. The van der Waals surface area contributed by atoms with Gasteiger partial charge in [-0.2, -0.15) is 0 Å². The summed E-state index contributed by atoms with van der Waals surface area (Å²) in [4.78, 5) is 12.4. The van der Waals surface area contributed by atoms with Gasteiger partial charge in [0, 0.05) is 23.7 Å². The minimum Gasteiger partial charge on any atom is -0.349 e. The predicted octanol–water partition coefficient (Wildman–Crippen LogP) is 3.00. The lowest BCUT2D eigenvalue weighted by Crippen LogP contribution is -2.48. The van der Waals surface area contributed by atoms with Crippen LogP contribution >= 0.6 is 0 Å². The fourth-order valence-electron chi connectivity index (χ4n) is 3.57. The van der Waals surface area contributed by atoms with Crippen molar-refractivity contribution in [1.29, 1.82) is 0 Å². The van der Waals surface area contributed by atoms with Crippen LogP contribution in [0.25, 0.3) is 0 Å². The average Bonchev–Trinajstić information content (AvgIpc) is 2.77. The number of hydrogen-bond acceptors (Lipinski definition) is 2. The number of carbonyl (C=O) groups excluding carboxylic acids is 1. The van der Waals surface area contributed by atoms with Gasteiger partial charge in [0.05, 0.1) is 0 Å². The first-order valence-electron chi connectivity index (χ1n) is 8.09. The van der Waals surface area contributed by atoms with Crippen LogP contribution < -0.4 is 10.6 Å². The molecule has 2 atom stereocenters. The molecule has 2 aliphatic heterocycles. The van der Waals surface area contributed by atoms with Crippen LogP contribution in [0.1, 0.15) is 62.4 Å². The Morgan fingerprint density at radius 1 is 1.10 bits per heavy atom. The highest BCUT2D eigenvalue weighted by Gasteiger charge is 2.34. The molecule has 3 rings (SSSR count). The Kier molecular flexibility index (Phi) is 3.78. The lowest BCUT2D eigenvalue weighted by Gasteiger charge is -2.29. The number of rotatable bonds is 2. The van der Waals surface area contributed by atoms with Crippen LogP contribution in [0, 0.1) is 0 Å². The Morgan fingerprint density at radius 2 is 1.67 bits per heavy atom. The van der Waals surface area contributed by atoms with E-state index >= 15 is 0 Å². The molecular weight excluding hydrogens is 260 g/mol. The molecule has 3 heteroatoms. The lowest BCUT2D eigenvalue weighted by atomic mass is 9.86. The minimum atomic E-state index is 0.0711. The van der Waals surface area contributed by atoms with Gasteiger partial charge in [-0.3, -0.25) is 4.79 Å². The van der Waals surface area contributed by atoms with Crippen molar-refractivity contribution in [3.8, 4) is 0 Å². The highest BCUT2D eigenvalue weighted by molar-refractivity contribution is 5.94. The number of nitrogens with one attached hydrogen (secondary N) is 2. The minimum absolute atomic E-state index is 0.0711. The van der Waals surface area contributed by atoms with Crippen molar-refractivity contribution >= 4 is 5.91 Å². The maximum absolute atomic E-state index is 12.4. The number of piperidine rings is 1. The van der Waals surface area contributed by atoms with E-state index in [-0.39, 0.29) is 11.3 Å². The van der Waals surface area contributed by atoms with Crippen molar-refractivity contribution in [3.05, 3.63) is 35.4 Å². The molecule has 1 aromatic carbocycles. The fourth-order valence-corrected chi connectivity index (χ4v) is 3.57. The van der Waals surface area contributed by atoms with Crippen LogP contribution in [0.4, 0.5) is 0 Å². The number of amides is 1. The van der Waals surface area contributed by atoms with E-state index in [1.807, 2.05) is 12.1 Å². The van der Waals surface area contributed by atoms with Crippen molar-refractivity contribution in [1.82, 2.24) is 10.6 Å². The van der Waals surface area contributed by atoms with Crippen LogP contribution in [0.5, 0.6) is 0 Å². The van der Waals surface area contributed by atoms with E-state index in [9.17, 15) is 4.79 Å². The SMILES string of the molecule is CC(C)(C)c1ccc(C(=O)NC2CC3CCC(C2)N3)cc1. The Morgan fingerprint density at radius 3 is 2.19 bits per heavy atom. The summed E-state index contributed by atoms with van der Waals surface area (Å²) in [6.45, 7) is 6.56. The van der Waals surface area contributed by atoms with Gasteiger partial charge in [-0.15, -0.1) is 0 Å². The van der Waals surface area contributed by atoms with Gasteiger partial charge < -0.3 is 10.6 Å². The molecule has 2 N–H and O–H groups in total. The molecule has 0 aliphatic carbocycles. The van der Waals surface area contributed by atoms with Crippen LogP contribution in [-0.2, 0) is 5.41 Å². The van der Waals surface area contributed by atoms with Gasteiger partial charge in [0.25, 0.3) is 5.91 Å². The molecule has 2 bridgehead atoms. The maximum atomic E-state index is 12.4. The van der Waals surface area contributed by atoms with Gasteiger partial charge in [0.1, 0.15) is 0 Å². The van der Waals surface area contributed by atoms with Gasteiger partial charge in [0.2, 0.25) is 0 Å². The molecule has 2 saturated heterocycles. The Balaban J connectivity index is 1.63. The summed E-state index contributed by atoms with van der Waals surface area (Å²) >= 11 is 0. The molecule has 1 amide bonds. The zero-order valence-electron chi connectivity index (χ0n) is 13.3. The largest absolute Gasteiger partial charge is 0.349 e. The van der Waals surface area contributed by atoms with E-state index in [0.717, 1.165) is 18.4 Å². The summed E-state index contributed by atoms with van der Waals surface area (Å²) in [6, 6.07) is 9.59. The predicted molar refractivity (Wildman–Crippen MR) is 85.6 cm³/mol.